The minimum absolute atomic E-state index is 0.0727. The SMILES string of the molecule is CSC1(Cn2ccnc2SCC(=O)O)CCC1. The third-order valence-electron chi connectivity index (χ3n) is 3.16. The number of carboxylic acid groups (broad SMARTS) is 1. The first-order chi connectivity index (χ1) is 8.15. The molecule has 1 aliphatic rings. The summed E-state index contributed by atoms with van der Waals surface area (Å²) in [5.74, 6) is -0.726. The molecule has 0 spiro atoms. The smallest absolute Gasteiger partial charge is 0.313 e. The predicted octanol–water partition coefficient (Wildman–Crippen LogP) is 2.35. The highest BCUT2D eigenvalue weighted by Gasteiger charge is 2.36. The molecule has 1 saturated carbocycles. The molecular weight excluding hydrogens is 256 g/mol. The molecule has 0 amide bonds. The van der Waals surface area contributed by atoms with Crippen LogP contribution in [0.15, 0.2) is 17.6 Å². The zero-order chi connectivity index (χ0) is 12.3. The minimum atomic E-state index is -0.798. The molecule has 0 bridgehead atoms. The van der Waals surface area contributed by atoms with Crippen molar-refractivity contribution >= 4 is 29.5 Å². The summed E-state index contributed by atoms with van der Waals surface area (Å²) in [6.45, 7) is 0.941. The quantitative estimate of drug-likeness (QED) is 0.806. The van der Waals surface area contributed by atoms with E-state index in [9.17, 15) is 4.79 Å². The van der Waals surface area contributed by atoms with Crippen LogP contribution >= 0.6 is 23.5 Å². The molecule has 0 atom stereocenters. The van der Waals surface area contributed by atoms with Gasteiger partial charge in [0, 0.05) is 23.7 Å². The van der Waals surface area contributed by atoms with Gasteiger partial charge in [0.05, 0.1) is 5.75 Å². The third kappa shape index (κ3) is 2.98. The van der Waals surface area contributed by atoms with Crippen molar-refractivity contribution in [1.82, 2.24) is 9.55 Å². The van der Waals surface area contributed by atoms with Gasteiger partial charge in [-0.1, -0.05) is 18.2 Å². The summed E-state index contributed by atoms with van der Waals surface area (Å²) in [5, 5.41) is 9.49. The van der Waals surface area contributed by atoms with E-state index in [0.717, 1.165) is 11.7 Å². The zero-order valence-electron chi connectivity index (χ0n) is 9.76. The molecule has 94 valence electrons. The number of aliphatic carboxylic acids is 1. The molecule has 6 heteroatoms. The molecule has 0 unspecified atom stereocenters. The van der Waals surface area contributed by atoms with Crippen LogP contribution in [0.2, 0.25) is 0 Å². The molecule has 17 heavy (non-hydrogen) atoms. The van der Waals surface area contributed by atoms with Crippen LogP contribution in [0.3, 0.4) is 0 Å². The van der Waals surface area contributed by atoms with Crippen LogP contribution < -0.4 is 0 Å². The van der Waals surface area contributed by atoms with Crippen LogP contribution in [0.5, 0.6) is 0 Å². The van der Waals surface area contributed by atoms with Gasteiger partial charge in [0.1, 0.15) is 0 Å². The number of hydrogen-bond donors (Lipinski definition) is 1. The van der Waals surface area contributed by atoms with Crippen molar-refractivity contribution in [2.45, 2.75) is 35.7 Å². The van der Waals surface area contributed by atoms with Gasteiger partial charge in [-0.3, -0.25) is 4.79 Å². The van der Waals surface area contributed by atoms with Gasteiger partial charge in [-0.25, -0.2) is 4.98 Å². The summed E-state index contributed by atoms with van der Waals surface area (Å²) in [5.41, 5.74) is 0. The summed E-state index contributed by atoms with van der Waals surface area (Å²) in [6, 6.07) is 0. The molecule has 0 saturated heterocycles. The second kappa shape index (κ2) is 5.35. The van der Waals surface area contributed by atoms with E-state index in [2.05, 4.69) is 15.8 Å². The monoisotopic (exact) mass is 272 g/mol. The molecule has 1 aromatic heterocycles. The Kier molecular flexibility index (Phi) is 4.04. The van der Waals surface area contributed by atoms with Gasteiger partial charge in [-0.15, -0.1) is 0 Å². The maximum atomic E-state index is 10.6. The van der Waals surface area contributed by atoms with Gasteiger partial charge in [0.2, 0.25) is 0 Å². The van der Waals surface area contributed by atoms with E-state index < -0.39 is 5.97 Å². The number of aromatic nitrogens is 2. The number of nitrogens with zero attached hydrogens (tertiary/aromatic N) is 2. The molecule has 4 nitrogen and oxygen atoms in total. The lowest BCUT2D eigenvalue weighted by atomic mass is 9.84. The molecule has 1 fully saturated rings. The van der Waals surface area contributed by atoms with Gasteiger partial charge < -0.3 is 9.67 Å². The van der Waals surface area contributed by atoms with E-state index in [1.807, 2.05) is 18.0 Å². The Morgan fingerprint density at radius 2 is 2.41 bits per heavy atom. The summed E-state index contributed by atoms with van der Waals surface area (Å²) >= 11 is 3.21. The first kappa shape index (κ1) is 12.8. The number of rotatable bonds is 6. The van der Waals surface area contributed by atoms with Crippen molar-refractivity contribution in [3.63, 3.8) is 0 Å². The Morgan fingerprint density at radius 3 is 2.94 bits per heavy atom. The average molecular weight is 272 g/mol. The second-order valence-electron chi connectivity index (χ2n) is 4.26. The van der Waals surface area contributed by atoms with Crippen LogP contribution in [0.4, 0.5) is 0 Å². The van der Waals surface area contributed by atoms with E-state index in [4.69, 9.17) is 5.11 Å². The normalized spacial score (nSPS) is 17.7. The lowest BCUT2D eigenvalue weighted by Gasteiger charge is -2.40. The number of imidazole rings is 1. The van der Waals surface area contributed by atoms with Gasteiger partial charge >= 0.3 is 5.97 Å². The second-order valence-corrected chi connectivity index (χ2v) is 6.48. The lowest BCUT2D eigenvalue weighted by molar-refractivity contribution is -0.133. The maximum absolute atomic E-state index is 10.6. The predicted molar refractivity (Wildman–Crippen MR) is 70.7 cm³/mol. The summed E-state index contributed by atoms with van der Waals surface area (Å²) in [6.07, 6.45) is 9.63. The third-order valence-corrected chi connectivity index (χ3v) is 5.55. The van der Waals surface area contributed by atoms with E-state index in [-0.39, 0.29) is 5.75 Å². The molecule has 1 heterocycles. The standard InChI is InChI=1S/C11H16N2O2S2/c1-16-11(3-2-4-11)8-13-6-5-12-10(13)17-7-9(14)15/h5-6H,2-4,7-8H2,1H3,(H,14,15). The summed E-state index contributed by atoms with van der Waals surface area (Å²) in [4.78, 5) is 14.8. The van der Waals surface area contributed by atoms with Crippen LogP contribution in [-0.2, 0) is 11.3 Å². The molecule has 2 rings (SSSR count). The number of thioether (sulfide) groups is 2. The molecule has 0 aliphatic heterocycles. The first-order valence-corrected chi connectivity index (χ1v) is 7.77. The average Bonchev–Trinajstić information content (AvgIpc) is 2.67. The Labute approximate surface area is 109 Å². The van der Waals surface area contributed by atoms with Gasteiger partial charge in [0.25, 0.3) is 0 Å². The fraction of sp³-hybridized carbons (Fsp3) is 0.636. The molecule has 0 radical (unpaired) electrons. The molecular formula is C11H16N2O2S2. The maximum Gasteiger partial charge on any atom is 0.313 e. The summed E-state index contributed by atoms with van der Waals surface area (Å²) in [7, 11) is 0. The Morgan fingerprint density at radius 1 is 1.65 bits per heavy atom. The summed E-state index contributed by atoms with van der Waals surface area (Å²) < 4.78 is 2.43. The van der Waals surface area contributed by atoms with E-state index in [0.29, 0.717) is 4.75 Å². The lowest BCUT2D eigenvalue weighted by Crippen LogP contribution is -2.37. The topological polar surface area (TPSA) is 55.1 Å². The number of carbonyl (C=O) groups is 1. The van der Waals surface area contributed by atoms with Crippen molar-refractivity contribution in [2.24, 2.45) is 0 Å². The van der Waals surface area contributed by atoms with Gasteiger partial charge in [-0.05, 0) is 19.1 Å². The van der Waals surface area contributed by atoms with Crippen LogP contribution in [0, 0.1) is 0 Å². The highest BCUT2D eigenvalue weighted by Crippen LogP contribution is 2.44. The highest BCUT2D eigenvalue weighted by atomic mass is 32.2. The van der Waals surface area contributed by atoms with Gasteiger partial charge in [-0.2, -0.15) is 11.8 Å². The van der Waals surface area contributed by atoms with E-state index in [1.54, 1.807) is 6.20 Å². The van der Waals surface area contributed by atoms with Crippen molar-refractivity contribution in [2.75, 3.05) is 12.0 Å². The van der Waals surface area contributed by atoms with Crippen molar-refractivity contribution < 1.29 is 9.90 Å². The number of carboxylic acids is 1. The van der Waals surface area contributed by atoms with E-state index >= 15 is 0 Å². The molecule has 1 aromatic rings. The van der Waals surface area contributed by atoms with Crippen LogP contribution in [0.25, 0.3) is 0 Å². The highest BCUT2D eigenvalue weighted by molar-refractivity contribution is 8.00. The van der Waals surface area contributed by atoms with Crippen LogP contribution in [0.1, 0.15) is 19.3 Å². The fourth-order valence-corrected chi connectivity index (χ4v) is 3.63. The fourth-order valence-electron chi connectivity index (χ4n) is 1.99. The Bertz CT molecular complexity index is 396. The molecule has 1 aliphatic carbocycles. The van der Waals surface area contributed by atoms with Crippen molar-refractivity contribution in [3.05, 3.63) is 12.4 Å². The Hall–Kier alpha value is -0.620. The van der Waals surface area contributed by atoms with E-state index in [1.165, 1.54) is 31.0 Å². The van der Waals surface area contributed by atoms with Gasteiger partial charge in [0.15, 0.2) is 5.16 Å². The number of hydrogen-bond acceptors (Lipinski definition) is 4. The van der Waals surface area contributed by atoms with Crippen molar-refractivity contribution in [3.8, 4) is 0 Å². The van der Waals surface area contributed by atoms with Crippen LogP contribution in [-0.4, -0.2) is 37.4 Å². The minimum Gasteiger partial charge on any atom is -0.481 e. The van der Waals surface area contributed by atoms with Crippen molar-refractivity contribution in [1.29, 1.82) is 0 Å². The molecule has 0 aromatic carbocycles. The first-order valence-electron chi connectivity index (χ1n) is 5.56. The Balaban J connectivity index is 2.00. The molecule has 1 N–H and O–H groups in total. The largest absolute Gasteiger partial charge is 0.481 e. The zero-order valence-corrected chi connectivity index (χ0v) is 11.4.